The number of pyridine rings is 1. The molecule has 10 heteroatoms. The van der Waals surface area contributed by atoms with Gasteiger partial charge in [0, 0.05) is 26.2 Å². The zero-order valence-corrected chi connectivity index (χ0v) is 18.1. The molecule has 1 aromatic carbocycles. The normalized spacial score (nSPS) is 13.7. The smallest absolute Gasteiger partial charge is 0.409 e. The number of ether oxygens (including phenoxy) is 1. The first-order valence-electron chi connectivity index (χ1n) is 10.5. The number of aromatic nitrogens is 4. The summed E-state index contributed by atoms with van der Waals surface area (Å²) in [6.45, 7) is 6.41. The van der Waals surface area contributed by atoms with Crippen LogP contribution in [0.4, 0.5) is 16.3 Å². The summed E-state index contributed by atoms with van der Waals surface area (Å²) < 4.78 is 5.05. The third-order valence-corrected chi connectivity index (χ3v) is 5.12. The van der Waals surface area contributed by atoms with E-state index in [1.54, 1.807) is 31.0 Å². The Morgan fingerprint density at radius 1 is 1.03 bits per heavy atom. The van der Waals surface area contributed by atoms with Gasteiger partial charge in [0.1, 0.15) is 5.82 Å². The van der Waals surface area contributed by atoms with Crippen LogP contribution < -0.4 is 10.2 Å². The van der Waals surface area contributed by atoms with E-state index in [9.17, 15) is 9.59 Å². The van der Waals surface area contributed by atoms with Crippen molar-refractivity contribution in [3.05, 3.63) is 60.0 Å². The SMILES string of the molecule is CCOC(=O)N1CCN(c2ccc(NC(=O)c3nn(-c4ccccc4)nc3C)cn2)CC1. The van der Waals surface area contributed by atoms with Crippen molar-refractivity contribution in [2.75, 3.05) is 43.0 Å². The lowest BCUT2D eigenvalue weighted by atomic mass is 10.3. The minimum Gasteiger partial charge on any atom is -0.450 e. The van der Waals surface area contributed by atoms with Gasteiger partial charge in [-0.1, -0.05) is 18.2 Å². The number of para-hydroxylation sites is 1. The number of nitrogens with one attached hydrogen (secondary N) is 1. The lowest BCUT2D eigenvalue weighted by molar-refractivity contribution is 0.101. The van der Waals surface area contributed by atoms with E-state index in [1.165, 1.54) is 4.80 Å². The van der Waals surface area contributed by atoms with E-state index >= 15 is 0 Å². The fourth-order valence-corrected chi connectivity index (χ4v) is 3.44. The highest BCUT2D eigenvalue weighted by atomic mass is 16.6. The molecule has 166 valence electrons. The molecule has 3 aromatic rings. The van der Waals surface area contributed by atoms with Gasteiger partial charge in [-0.2, -0.15) is 9.90 Å². The zero-order chi connectivity index (χ0) is 22.5. The highest BCUT2D eigenvalue weighted by Gasteiger charge is 2.23. The number of carbonyl (C=O) groups is 2. The average molecular weight is 435 g/mol. The molecule has 1 aliphatic heterocycles. The first-order valence-corrected chi connectivity index (χ1v) is 10.5. The summed E-state index contributed by atoms with van der Waals surface area (Å²) in [6, 6.07) is 13.1. The third-order valence-electron chi connectivity index (χ3n) is 5.12. The Hall–Kier alpha value is -3.95. The van der Waals surface area contributed by atoms with E-state index in [2.05, 4.69) is 25.4 Å². The number of amides is 2. The molecule has 2 amide bonds. The minimum absolute atomic E-state index is 0.257. The summed E-state index contributed by atoms with van der Waals surface area (Å²) in [5.41, 5.74) is 2.14. The molecule has 0 radical (unpaired) electrons. The number of rotatable bonds is 5. The number of anilines is 2. The Balaban J connectivity index is 1.37. The Kier molecular flexibility index (Phi) is 6.29. The van der Waals surface area contributed by atoms with Crippen LogP contribution in [0.3, 0.4) is 0 Å². The molecular formula is C22H25N7O3. The minimum atomic E-state index is -0.345. The molecule has 1 N–H and O–H groups in total. The van der Waals surface area contributed by atoms with Gasteiger partial charge in [-0.15, -0.1) is 5.10 Å². The zero-order valence-electron chi connectivity index (χ0n) is 18.1. The molecule has 0 bridgehead atoms. The lowest BCUT2D eigenvalue weighted by Gasteiger charge is -2.34. The Labute approximate surface area is 185 Å². The van der Waals surface area contributed by atoms with Crippen molar-refractivity contribution in [3.63, 3.8) is 0 Å². The molecule has 10 nitrogen and oxygen atoms in total. The van der Waals surface area contributed by atoms with Crippen molar-refractivity contribution in [1.29, 1.82) is 0 Å². The fraction of sp³-hybridized carbons (Fsp3) is 0.318. The van der Waals surface area contributed by atoms with Crippen LogP contribution in [-0.2, 0) is 4.74 Å². The van der Waals surface area contributed by atoms with Crippen LogP contribution in [0.1, 0.15) is 23.1 Å². The van der Waals surface area contributed by atoms with Gasteiger partial charge in [0.25, 0.3) is 5.91 Å². The number of benzene rings is 1. The predicted molar refractivity (Wildman–Crippen MR) is 119 cm³/mol. The van der Waals surface area contributed by atoms with Gasteiger partial charge >= 0.3 is 6.09 Å². The van der Waals surface area contributed by atoms with E-state index in [1.807, 2.05) is 36.4 Å². The molecule has 3 heterocycles. The van der Waals surface area contributed by atoms with Gasteiger partial charge in [0.15, 0.2) is 5.69 Å². The van der Waals surface area contributed by atoms with Gasteiger partial charge in [-0.05, 0) is 38.1 Å². The monoisotopic (exact) mass is 435 g/mol. The molecule has 4 rings (SSSR count). The van der Waals surface area contributed by atoms with Crippen molar-refractivity contribution in [3.8, 4) is 5.69 Å². The first kappa shape index (κ1) is 21.3. The second-order valence-corrected chi connectivity index (χ2v) is 7.29. The van der Waals surface area contributed by atoms with Crippen LogP contribution in [0.15, 0.2) is 48.7 Å². The van der Waals surface area contributed by atoms with Crippen LogP contribution in [0, 0.1) is 6.92 Å². The van der Waals surface area contributed by atoms with Crippen molar-refractivity contribution in [2.24, 2.45) is 0 Å². The molecule has 0 unspecified atom stereocenters. The van der Waals surface area contributed by atoms with E-state index < -0.39 is 0 Å². The molecule has 32 heavy (non-hydrogen) atoms. The van der Waals surface area contributed by atoms with Crippen molar-refractivity contribution in [2.45, 2.75) is 13.8 Å². The molecule has 2 aromatic heterocycles. The standard InChI is InChI=1S/C22H25N7O3/c1-3-32-22(31)28-13-11-27(12-14-28)19-10-9-17(15-23-19)24-21(30)20-16(2)25-29(26-20)18-7-5-4-6-8-18/h4-10,15H,3,11-14H2,1-2H3,(H,24,30). The lowest BCUT2D eigenvalue weighted by Crippen LogP contribution is -2.49. The van der Waals surface area contributed by atoms with Crippen LogP contribution in [0.25, 0.3) is 5.69 Å². The van der Waals surface area contributed by atoms with E-state index in [-0.39, 0.29) is 17.7 Å². The molecule has 0 atom stereocenters. The molecule has 0 aliphatic carbocycles. The van der Waals surface area contributed by atoms with E-state index in [0.717, 1.165) is 11.5 Å². The third kappa shape index (κ3) is 4.69. The maximum atomic E-state index is 12.7. The van der Waals surface area contributed by atoms with Crippen LogP contribution in [0.2, 0.25) is 0 Å². The summed E-state index contributed by atoms with van der Waals surface area (Å²) in [6.07, 6.45) is 1.33. The van der Waals surface area contributed by atoms with Crippen LogP contribution in [0.5, 0.6) is 0 Å². The fourth-order valence-electron chi connectivity index (χ4n) is 3.44. The predicted octanol–water partition coefficient (Wildman–Crippen LogP) is 2.50. The molecule has 1 fully saturated rings. The number of aryl methyl sites for hydroxylation is 1. The maximum absolute atomic E-state index is 12.7. The van der Waals surface area contributed by atoms with Crippen LogP contribution >= 0.6 is 0 Å². The molecule has 0 saturated carbocycles. The average Bonchev–Trinajstić information content (AvgIpc) is 3.22. The van der Waals surface area contributed by atoms with Crippen LogP contribution in [-0.4, -0.2) is 69.7 Å². The summed E-state index contributed by atoms with van der Waals surface area (Å²) in [5, 5.41) is 11.5. The van der Waals surface area contributed by atoms with Crippen molar-refractivity contribution in [1.82, 2.24) is 24.9 Å². The molecular weight excluding hydrogens is 410 g/mol. The summed E-state index contributed by atoms with van der Waals surface area (Å²) in [4.78, 5) is 34.2. The number of nitrogens with zero attached hydrogens (tertiary/aromatic N) is 6. The topological polar surface area (TPSA) is 105 Å². The van der Waals surface area contributed by atoms with Crippen molar-refractivity contribution < 1.29 is 14.3 Å². The number of hydrogen-bond acceptors (Lipinski definition) is 7. The number of carbonyl (C=O) groups excluding carboxylic acids is 2. The van der Waals surface area contributed by atoms with E-state index in [4.69, 9.17) is 4.74 Å². The first-order chi connectivity index (χ1) is 15.5. The maximum Gasteiger partial charge on any atom is 0.409 e. The Morgan fingerprint density at radius 2 is 1.78 bits per heavy atom. The second-order valence-electron chi connectivity index (χ2n) is 7.29. The van der Waals surface area contributed by atoms with E-state index in [0.29, 0.717) is 44.2 Å². The quantitative estimate of drug-likeness (QED) is 0.656. The largest absolute Gasteiger partial charge is 0.450 e. The second kappa shape index (κ2) is 9.46. The van der Waals surface area contributed by atoms with Gasteiger partial charge in [-0.3, -0.25) is 4.79 Å². The summed E-state index contributed by atoms with van der Waals surface area (Å²) in [5.74, 6) is 0.444. The molecule has 0 spiro atoms. The van der Waals surface area contributed by atoms with Gasteiger partial charge in [0.2, 0.25) is 0 Å². The number of hydrogen-bond donors (Lipinski definition) is 1. The highest BCUT2D eigenvalue weighted by molar-refractivity contribution is 6.03. The Bertz CT molecular complexity index is 1070. The molecule has 1 aliphatic rings. The summed E-state index contributed by atoms with van der Waals surface area (Å²) >= 11 is 0. The molecule has 1 saturated heterocycles. The summed E-state index contributed by atoms with van der Waals surface area (Å²) in [7, 11) is 0. The van der Waals surface area contributed by atoms with Gasteiger partial charge in [0.05, 0.1) is 29.9 Å². The van der Waals surface area contributed by atoms with Gasteiger partial charge in [-0.25, -0.2) is 9.78 Å². The number of piperazine rings is 1. The van der Waals surface area contributed by atoms with Crippen molar-refractivity contribution >= 4 is 23.5 Å². The Morgan fingerprint density at radius 3 is 2.44 bits per heavy atom. The highest BCUT2D eigenvalue weighted by Crippen LogP contribution is 2.17. The van der Waals surface area contributed by atoms with Gasteiger partial charge < -0.3 is 19.9 Å².